The lowest BCUT2D eigenvalue weighted by molar-refractivity contribution is -0.384. The Morgan fingerprint density at radius 2 is 1.87 bits per heavy atom. The molecule has 0 spiro atoms. The van der Waals surface area contributed by atoms with E-state index in [9.17, 15) is 14.9 Å². The number of nitro benzene ring substituents is 1. The Bertz CT molecular complexity index is 379. The van der Waals surface area contributed by atoms with Crippen LogP contribution in [0.3, 0.4) is 0 Å². The number of benzene rings is 1. The molecule has 8 heteroatoms. The van der Waals surface area contributed by atoms with E-state index >= 15 is 0 Å². The molecule has 0 unspecified atom stereocenters. The molecule has 0 bridgehead atoms. The molecule has 6 nitrogen and oxygen atoms in total. The van der Waals surface area contributed by atoms with Crippen molar-refractivity contribution in [3.05, 3.63) is 34.4 Å². The molecule has 0 saturated heterocycles. The third-order valence-electron chi connectivity index (χ3n) is 1.42. The summed E-state index contributed by atoms with van der Waals surface area (Å²) in [4.78, 5) is 20.7. The van der Waals surface area contributed by atoms with Crippen molar-refractivity contribution < 1.29 is 14.5 Å². The zero-order valence-electron chi connectivity index (χ0n) is 7.23. The van der Waals surface area contributed by atoms with Crippen LogP contribution in [0.5, 0.6) is 5.75 Å². The van der Waals surface area contributed by atoms with E-state index in [-0.39, 0.29) is 11.4 Å². The molecular weight excluding hydrogens is 240 g/mol. The second-order valence-corrected chi connectivity index (χ2v) is 3.52. The van der Waals surface area contributed by atoms with E-state index in [1.54, 1.807) is 0 Å². The molecule has 0 saturated carbocycles. The maximum absolute atomic E-state index is 10.9. The summed E-state index contributed by atoms with van der Waals surface area (Å²) in [6, 6.07) is 5.07. The van der Waals surface area contributed by atoms with Gasteiger partial charge in [-0.25, -0.2) is 4.79 Å². The average molecular weight is 246 g/mol. The highest BCUT2D eigenvalue weighted by atomic mass is 32.2. The fraction of sp³-hybridized carbons (Fsp3) is 0. The van der Waals surface area contributed by atoms with E-state index in [0.717, 1.165) is 0 Å². The molecule has 1 rings (SSSR count). The zero-order chi connectivity index (χ0) is 11.4. The minimum atomic E-state index is -0.796. The van der Waals surface area contributed by atoms with Crippen LogP contribution < -0.4 is 4.74 Å². The lowest BCUT2D eigenvalue weighted by Gasteiger charge is -2.07. The number of rotatable bonds is 2. The molecule has 0 N–H and O–H groups in total. The van der Waals surface area contributed by atoms with Crippen LogP contribution >= 0.6 is 25.6 Å². The maximum Gasteiger partial charge on any atom is 0.435 e. The van der Waals surface area contributed by atoms with Crippen molar-refractivity contribution in [1.82, 2.24) is 3.71 Å². The molecule has 1 aromatic carbocycles. The highest BCUT2D eigenvalue weighted by Gasteiger charge is 2.10. The monoisotopic (exact) mass is 246 g/mol. The van der Waals surface area contributed by atoms with Crippen molar-refractivity contribution in [2.75, 3.05) is 0 Å². The van der Waals surface area contributed by atoms with Gasteiger partial charge in [-0.1, -0.05) is 0 Å². The number of hydrogen-bond acceptors (Lipinski definition) is 6. The minimum Gasteiger partial charge on any atom is -0.409 e. The van der Waals surface area contributed by atoms with Crippen LogP contribution in [-0.2, 0) is 0 Å². The maximum atomic E-state index is 10.9. The Kier molecular flexibility index (Phi) is 3.81. The van der Waals surface area contributed by atoms with E-state index in [2.05, 4.69) is 25.6 Å². The Balaban J connectivity index is 2.73. The highest BCUT2D eigenvalue weighted by molar-refractivity contribution is 7.94. The van der Waals surface area contributed by atoms with Crippen molar-refractivity contribution in [2.45, 2.75) is 0 Å². The summed E-state index contributed by atoms with van der Waals surface area (Å²) in [6.07, 6.45) is -0.796. The van der Waals surface area contributed by atoms with Gasteiger partial charge in [0.25, 0.3) is 5.69 Å². The van der Waals surface area contributed by atoms with Crippen molar-refractivity contribution in [2.24, 2.45) is 0 Å². The highest BCUT2D eigenvalue weighted by Crippen LogP contribution is 2.18. The van der Waals surface area contributed by atoms with Crippen LogP contribution in [0.1, 0.15) is 0 Å². The van der Waals surface area contributed by atoms with Gasteiger partial charge in [0.2, 0.25) is 0 Å². The Morgan fingerprint density at radius 1 is 1.33 bits per heavy atom. The fourth-order valence-electron chi connectivity index (χ4n) is 0.778. The lowest BCUT2D eigenvalue weighted by Crippen LogP contribution is -2.16. The quantitative estimate of drug-likeness (QED) is 0.476. The van der Waals surface area contributed by atoms with Gasteiger partial charge in [0, 0.05) is 12.1 Å². The molecule has 80 valence electrons. The van der Waals surface area contributed by atoms with E-state index < -0.39 is 11.0 Å². The molecule has 0 radical (unpaired) electrons. The summed E-state index contributed by atoms with van der Waals surface area (Å²) in [5.74, 6) is 0.179. The summed E-state index contributed by atoms with van der Waals surface area (Å²) in [6.45, 7) is 0. The number of amides is 1. The first kappa shape index (κ1) is 11.7. The summed E-state index contributed by atoms with van der Waals surface area (Å²) >= 11 is 7.18. The topological polar surface area (TPSA) is 72.7 Å². The Labute approximate surface area is 96.1 Å². The van der Waals surface area contributed by atoms with Crippen molar-refractivity contribution in [3.8, 4) is 5.75 Å². The molecule has 15 heavy (non-hydrogen) atoms. The number of nitro groups is 1. The van der Waals surface area contributed by atoms with Crippen LogP contribution in [0, 0.1) is 10.1 Å². The third-order valence-corrected chi connectivity index (χ3v) is 1.74. The summed E-state index contributed by atoms with van der Waals surface area (Å²) in [7, 11) is 0. The number of non-ortho nitro benzene ring substituents is 1. The van der Waals surface area contributed by atoms with Gasteiger partial charge in [0.15, 0.2) is 0 Å². The zero-order valence-corrected chi connectivity index (χ0v) is 9.02. The predicted octanol–water partition coefficient (Wildman–Crippen LogP) is 2.09. The number of hydrogen-bond donors (Lipinski definition) is 2. The van der Waals surface area contributed by atoms with Crippen LogP contribution in [-0.4, -0.2) is 14.7 Å². The Morgan fingerprint density at radius 3 is 2.27 bits per heavy atom. The molecule has 1 aromatic rings. The van der Waals surface area contributed by atoms with Crippen LogP contribution in [0.2, 0.25) is 0 Å². The van der Waals surface area contributed by atoms with Gasteiger partial charge in [-0.05, 0) is 37.8 Å². The SMILES string of the molecule is O=C(Oc1ccc([N+](=O)[O-])cc1)N(S)S. The summed E-state index contributed by atoms with van der Waals surface area (Å²) in [5, 5.41) is 10.3. The lowest BCUT2D eigenvalue weighted by atomic mass is 10.3. The van der Waals surface area contributed by atoms with E-state index in [1.165, 1.54) is 24.3 Å². The van der Waals surface area contributed by atoms with Gasteiger partial charge in [-0.15, -0.1) is 0 Å². The normalized spacial score (nSPS) is 9.47. The number of carbonyl (C=O) groups excluding carboxylic acids is 1. The number of thiol groups is 2. The first-order valence-electron chi connectivity index (χ1n) is 3.65. The number of carbonyl (C=O) groups is 1. The third kappa shape index (κ3) is 3.33. The van der Waals surface area contributed by atoms with Crippen LogP contribution in [0.25, 0.3) is 0 Å². The van der Waals surface area contributed by atoms with E-state index in [4.69, 9.17) is 4.74 Å². The summed E-state index contributed by atoms with van der Waals surface area (Å²) in [5.41, 5.74) is -0.0802. The molecular formula is C7H6N2O4S2. The number of nitrogens with zero attached hydrogens (tertiary/aromatic N) is 2. The standard InChI is InChI=1S/C7H6N2O4S2/c10-7(9(14)15)13-6-3-1-5(2-4-6)8(11)12/h1-4,14-15H. The van der Waals surface area contributed by atoms with E-state index in [1.807, 2.05) is 0 Å². The van der Waals surface area contributed by atoms with Gasteiger partial charge in [0.05, 0.1) is 4.92 Å². The van der Waals surface area contributed by atoms with E-state index in [0.29, 0.717) is 3.71 Å². The predicted molar refractivity (Wildman–Crippen MR) is 58.9 cm³/mol. The van der Waals surface area contributed by atoms with Gasteiger partial charge in [0.1, 0.15) is 5.75 Å². The first-order chi connectivity index (χ1) is 7.00. The van der Waals surface area contributed by atoms with Crippen molar-refractivity contribution in [3.63, 3.8) is 0 Å². The van der Waals surface area contributed by atoms with Gasteiger partial charge in [-0.3, -0.25) is 10.1 Å². The molecule has 0 aliphatic rings. The molecule has 1 amide bonds. The average Bonchev–Trinajstić information content (AvgIpc) is 2.18. The molecule has 0 fully saturated rings. The smallest absolute Gasteiger partial charge is 0.409 e. The minimum absolute atomic E-state index is 0.0802. The molecule has 0 aliphatic carbocycles. The van der Waals surface area contributed by atoms with Gasteiger partial charge in [-0.2, -0.15) is 3.71 Å². The second-order valence-electron chi connectivity index (χ2n) is 2.41. The first-order valence-corrected chi connectivity index (χ1v) is 4.45. The van der Waals surface area contributed by atoms with Crippen LogP contribution in [0.15, 0.2) is 24.3 Å². The second kappa shape index (κ2) is 4.89. The molecule has 0 aliphatic heterocycles. The van der Waals surface area contributed by atoms with Gasteiger partial charge < -0.3 is 4.74 Å². The van der Waals surface area contributed by atoms with Crippen molar-refractivity contribution in [1.29, 1.82) is 0 Å². The molecule has 0 aromatic heterocycles. The molecule has 0 heterocycles. The van der Waals surface area contributed by atoms with Gasteiger partial charge >= 0.3 is 6.09 Å². The Hall–Kier alpha value is -1.41. The number of ether oxygens (including phenoxy) is 1. The summed E-state index contributed by atoms with van der Waals surface area (Å²) < 4.78 is 5.38. The fourth-order valence-corrected chi connectivity index (χ4v) is 0.859. The molecule has 0 atom stereocenters. The van der Waals surface area contributed by atoms with Crippen molar-refractivity contribution >= 4 is 37.4 Å². The largest absolute Gasteiger partial charge is 0.435 e. The van der Waals surface area contributed by atoms with Crippen LogP contribution in [0.4, 0.5) is 10.5 Å².